The largest absolute Gasteiger partial charge is 0.353 e. The second kappa shape index (κ2) is 6.89. The number of nitrogens with two attached hydrogens (primary N) is 1. The minimum atomic E-state index is 0.125. The van der Waals surface area contributed by atoms with Gasteiger partial charge in [0.2, 0.25) is 5.91 Å². The van der Waals surface area contributed by atoms with Crippen LogP contribution in [0.3, 0.4) is 0 Å². The third-order valence-electron chi connectivity index (χ3n) is 3.45. The molecule has 1 aliphatic carbocycles. The lowest BCUT2D eigenvalue weighted by Gasteiger charge is -2.16. The molecule has 3 N–H and O–H groups in total. The molecule has 1 fully saturated rings. The molecule has 3 atom stereocenters. The Hall–Kier alpha value is -0.570. The Kier molecular flexibility index (Phi) is 5.81. The quantitative estimate of drug-likeness (QED) is 0.722. The molecule has 0 bridgehead atoms. The molecule has 0 radical (unpaired) electrons. The molecular formula is C13H26N2O. The molecule has 1 amide bonds. The maximum absolute atomic E-state index is 11.6. The van der Waals surface area contributed by atoms with Gasteiger partial charge in [-0.15, -0.1) is 0 Å². The monoisotopic (exact) mass is 226 g/mol. The van der Waals surface area contributed by atoms with Gasteiger partial charge < -0.3 is 11.1 Å². The summed E-state index contributed by atoms with van der Waals surface area (Å²) in [6.07, 6.45) is 7.46. The van der Waals surface area contributed by atoms with Crippen molar-refractivity contribution >= 4 is 5.91 Å². The fourth-order valence-corrected chi connectivity index (χ4v) is 2.29. The Morgan fingerprint density at radius 2 is 2.12 bits per heavy atom. The van der Waals surface area contributed by atoms with Crippen molar-refractivity contribution < 1.29 is 4.79 Å². The molecule has 0 aliphatic heterocycles. The van der Waals surface area contributed by atoms with Crippen LogP contribution in [0, 0.1) is 5.92 Å². The van der Waals surface area contributed by atoms with Crippen LogP contribution in [0.4, 0.5) is 0 Å². The van der Waals surface area contributed by atoms with Crippen LogP contribution in [-0.2, 0) is 4.79 Å². The summed E-state index contributed by atoms with van der Waals surface area (Å²) in [6, 6.07) is 0.533. The Morgan fingerprint density at radius 1 is 1.38 bits per heavy atom. The van der Waals surface area contributed by atoms with Gasteiger partial charge in [0.15, 0.2) is 0 Å². The molecule has 1 aliphatic rings. The van der Waals surface area contributed by atoms with Crippen LogP contribution in [0.1, 0.15) is 58.8 Å². The highest BCUT2D eigenvalue weighted by atomic mass is 16.1. The third kappa shape index (κ3) is 5.50. The van der Waals surface area contributed by atoms with E-state index < -0.39 is 0 Å². The molecule has 3 nitrogen and oxygen atoms in total. The lowest BCUT2D eigenvalue weighted by Crippen LogP contribution is -2.35. The number of carbonyl (C=O) groups excluding carboxylic acids is 1. The minimum Gasteiger partial charge on any atom is -0.353 e. The molecule has 0 aromatic carbocycles. The average molecular weight is 226 g/mol. The summed E-state index contributed by atoms with van der Waals surface area (Å²) >= 11 is 0. The maximum Gasteiger partial charge on any atom is 0.220 e. The first-order chi connectivity index (χ1) is 7.58. The van der Waals surface area contributed by atoms with E-state index in [1.807, 2.05) is 6.92 Å². The SMILES string of the molecule is CC(N)CCC(=O)NC1CCCC(C)CC1. The van der Waals surface area contributed by atoms with E-state index in [-0.39, 0.29) is 11.9 Å². The standard InChI is InChI=1S/C13H26N2O/c1-10-4-3-5-12(8-6-10)15-13(16)9-7-11(2)14/h10-12H,3-9,14H2,1-2H3,(H,15,16). The molecule has 3 heteroatoms. The molecular weight excluding hydrogens is 200 g/mol. The van der Waals surface area contributed by atoms with Crippen LogP contribution in [0.2, 0.25) is 0 Å². The number of nitrogens with one attached hydrogen (secondary N) is 1. The average Bonchev–Trinajstić information content (AvgIpc) is 2.41. The van der Waals surface area contributed by atoms with Crippen LogP contribution in [0.25, 0.3) is 0 Å². The van der Waals surface area contributed by atoms with Crippen molar-refractivity contribution in [2.75, 3.05) is 0 Å². The Balaban J connectivity index is 2.22. The lowest BCUT2D eigenvalue weighted by atomic mass is 10.0. The van der Waals surface area contributed by atoms with Gasteiger partial charge in [-0.05, 0) is 38.5 Å². The van der Waals surface area contributed by atoms with Gasteiger partial charge in [0.25, 0.3) is 0 Å². The molecule has 94 valence electrons. The molecule has 0 aromatic rings. The zero-order valence-corrected chi connectivity index (χ0v) is 10.7. The van der Waals surface area contributed by atoms with Crippen molar-refractivity contribution in [2.45, 2.75) is 70.9 Å². The van der Waals surface area contributed by atoms with Crippen molar-refractivity contribution in [1.82, 2.24) is 5.32 Å². The smallest absolute Gasteiger partial charge is 0.220 e. The predicted octanol–water partition coefficient (Wildman–Crippen LogP) is 2.20. The van der Waals surface area contributed by atoms with Gasteiger partial charge in [-0.2, -0.15) is 0 Å². The van der Waals surface area contributed by atoms with Crippen LogP contribution < -0.4 is 11.1 Å². The first kappa shape index (κ1) is 13.5. The normalized spacial score (nSPS) is 28.2. The number of rotatable bonds is 4. The van der Waals surface area contributed by atoms with E-state index >= 15 is 0 Å². The summed E-state index contributed by atoms with van der Waals surface area (Å²) in [7, 11) is 0. The molecule has 16 heavy (non-hydrogen) atoms. The minimum absolute atomic E-state index is 0.125. The lowest BCUT2D eigenvalue weighted by molar-refractivity contribution is -0.122. The van der Waals surface area contributed by atoms with E-state index in [9.17, 15) is 4.79 Å². The summed E-state index contributed by atoms with van der Waals surface area (Å²) in [5.41, 5.74) is 5.64. The fourth-order valence-electron chi connectivity index (χ4n) is 2.29. The molecule has 0 spiro atoms. The van der Waals surface area contributed by atoms with Gasteiger partial charge >= 0.3 is 0 Å². The third-order valence-corrected chi connectivity index (χ3v) is 3.45. The predicted molar refractivity (Wildman–Crippen MR) is 67.1 cm³/mol. The number of amides is 1. The molecule has 0 aromatic heterocycles. The van der Waals surface area contributed by atoms with Crippen molar-refractivity contribution in [2.24, 2.45) is 11.7 Å². The first-order valence-electron chi connectivity index (χ1n) is 6.63. The van der Waals surface area contributed by atoms with Gasteiger partial charge in [-0.25, -0.2) is 0 Å². The molecule has 1 rings (SSSR count). The van der Waals surface area contributed by atoms with Crippen LogP contribution in [0.15, 0.2) is 0 Å². The van der Waals surface area contributed by atoms with Crippen molar-refractivity contribution in [3.05, 3.63) is 0 Å². The Bertz CT molecular complexity index is 216. The molecule has 0 heterocycles. The highest BCUT2D eigenvalue weighted by Gasteiger charge is 2.17. The van der Waals surface area contributed by atoms with Crippen molar-refractivity contribution in [3.63, 3.8) is 0 Å². The van der Waals surface area contributed by atoms with E-state index in [4.69, 9.17) is 5.73 Å². The van der Waals surface area contributed by atoms with Gasteiger partial charge in [0.05, 0.1) is 0 Å². The number of hydrogen-bond acceptors (Lipinski definition) is 2. The topological polar surface area (TPSA) is 55.1 Å². The van der Waals surface area contributed by atoms with Crippen molar-refractivity contribution in [3.8, 4) is 0 Å². The first-order valence-corrected chi connectivity index (χ1v) is 6.63. The highest BCUT2D eigenvalue weighted by molar-refractivity contribution is 5.76. The van der Waals surface area contributed by atoms with E-state index in [0.717, 1.165) is 25.2 Å². The van der Waals surface area contributed by atoms with Crippen LogP contribution in [-0.4, -0.2) is 18.0 Å². The van der Waals surface area contributed by atoms with E-state index in [1.165, 1.54) is 19.3 Å². The van der Waals surface area contributed by atoms with Crippen molar-refractivity contribution in [1.29, 1.82) is 0 Å². The van der Waals surface area contributed by atoms with Gasteiger partial charge in [-0.3, -0.25) is 4.79 Å². The summed E-state index contributed by atoms with van der Waals surface area (Å²) in [5.74, 6) is 1.00. The van der Waals surface area contributed by atoms with Gasteiger partial charge in [-0.1, -0.05) is 19.8 Å². The Labute approximate surface area is 99.2 Å². The summed E-state index contributed by atoms with van der Waals surface area (Å²) in [4.78, 5) is 11.6. The van der Waals surface area contributed by atoms with Gasteiger partial charge in [0, 0.05) is 18.5 Å². The second-order valence-corrected chi connectivity index (χ2v) is 5.39. The fraction of sp³-hybridized carbons (Fsp3) is 0.923. The maximum atomic E-state index is 11.6. The van der Waals surface area contributed by atoms with Gasteiger partial charge in [0.1, 0.15) is 0 Å². The molecule has 3 unspecified atom stereocenters. The van der Waals surface area contributed by atoms with E-state index in [0.29, 0.717) is 12.5 Å². The molecule has 0 saturated heterocycles. The summed E-state index contributed by atoms with van der Waals surface area (Å²) < 4.78 is 0. The number of hydrogen-bond donors (Lipinski definition) is 2. The molecule has 1 saturated carbocycles. The summed E-state index contributed by atoms with van der Waals surface area (Å²) in [5, 5.41) is 3.14. The van der Waals surface area contributed by atoms with Crippen LogP contribution in [0.5, 0.6) is 0 Å². The number of carbonyl (C=O) groups is 1. The highest BCUT2D eigenvalue weighted by Crippen LogP contribution is 2.22. The zero-order valence-electron chi connectivity index (χ0n) is 10.7. The van der Waals surface area contributed by atoms with E-state index in [2.05, 4.69) is 12.2 Å². The second-order valence-electron chi connectivity index (χ2n) is 5.39. The van der Waals surface area contributed by atoms with Crippen LogP contribution >= 0.6 is 0 Å². The summed E-state index contributed by atoms with van der Waals surface area (Å²) in [6.45, 7) is 4.25. The van der Waals surface area contributed by atoms with E-state index in [1.54, 1.807) is 0 Å². The zero-order chi connectivity index (χ0) is 12.0. The Morgan fingerprint density at radius 3 is 2.81 bits per heavy atom.